The minimum Gasteiger partial charge on any atom is -0.272 e. The molecule has 2 aromatic carbocycles. The van der Waals surface area contributed by atoms with Gasteiger partial charge in [0.15, 0.2) is 0 Å². The highest BCUT2D eigenvalue weighted by Crippen LogP contribution is 2.10. The molecule has 4 heteroatoms. The third-order valence-electron chi connectivity index (χ3n) is 2.59. The lowest BCUT2D eigenvalue weighted by Gasteiger charge is -2.04. The number of carbonyl (C=O) groups is 1. The van der Waals surface area contributed by atoms with E-state index in [2.05, 4.69) is 17.3 Å². The number of carbonyl (C=O) groups excluding carboxylic acids is 1. The molecule has 0 radical (unpaired) electrons. The zero-order valence-corrected chi connectivity index (χ0v) is 12.1. The topological polar surface area (TPSA) is 38.3 Å². The van der Waals surface area contributed by atoms with Crippen LogP contribution in [0, 0.1) is 11.8 Å². The SMILES string of the molecule is O=C(NOCCC#Cc1ccccc1)c1cccc(Cl)c1. The van der Waals surface area contributed by atoms with E-state index in [1.54, 1.807) is 24.3 Å². The van der Waals surface area contributed by atoms with E-state index in [0.717, 1.165) is 5.56 Å². The molecule has 2 rings (SSSR count). The summed E-state index contributed by atoms with van der Waals surface area (Å²) in [5, 5.41) is 0.511. The number of hydrogen-bond acceptors (Lipinski definition) is 2. The molecule has 0 atom stereocenters. The van der Waals surface area contributed by atoms with E-state index in [-0.39, 0.29) is 5.91 Å². The van der Waals surface area contributed by atoms with Crippen molar-refractivity contribution >= 4 is 17.5 Å². The predicted molar refractivity (Wildman–Crippen MR) is 82.8 cm³/mol. The summed E-state index contributed by atoms with van der Waals surface area (Å²) in [6.45, 7) is 0.326. The highest BCUT2D eigenvalue weighted by Gasteiger charge is 2.04. The number of rotatable bonds is 4. The zero-order chi connectivity index (χ0) is 14.9. The fourth-order valence-electron chi connectivity index (χ4n) is 1.59. The molecular formula is C17H14ClNO2. The maximum atomic E-state index is 11.7. The standard InChI is InChI=1S/C17H14ClNO2/c18-16-11-6-10-15(13-16)17(20)19-21-12-5-4-9-14-7-2-1-3-8-14/h1-3,6-8,10-11,13H,5,12H2,(H,19,20). The first-order valence-corrected chi connectivity index (χ1v) is 6.85. The Hall–Kier alpha value is -2.28. The van der Waals surface area contributed by atoms with Crippen molar-refractivity contribution in [1.29, 1.82) is 0 Å². The molecule has 0 bridgehead atoms. The molecule has 1 N–H and O–H groups in total. The monoisotopic (exact) mass is 299 g/mol. The van der Waals surface area contributed by atoms with E-state index >= 15 is 0 Å². The molecule has 0 heterocycles. The predicted octanol–water partition coefficient (Wildman–Crippen LogP) is 3.44. The molecule has 2 aromatic rings. The average molecular weight is 300 g/mol. The van der Waals surface area contributed by atoms with Crippen molar-refractivity contribution in [3.63, 3.8) is 0 Å². The van der Waals surface area contributed by atoms with E-state index in [1.807, 2.05) is 30.3 Å². The average Bonchev–Trinajstić information content (AvgIpc) is 2.51. The quantitative estimate of drug-likeness (QED) is 0.533. The molecule has 106 valence electrons. The first-order chi connectivity index (χ1) is 10.3. The molecule has 0 unspecified atom stereocenters. The van der Waals surface area contributed by atoms with Crippen molar-refractivity contribution in [2.24, 2.45) is 0 Å². The van der Waals surface area contributed by atoms with E-state index in [9.17, 15) is 4.79 Å². The van der Waals surface area contributed by atoms with Crippen LogP contribution in [0.2, 0.25) is 5.02 Å². The van der Waals surface area contributed by atoms with E-state index < -0.39 is 0 Å². The molecule has 1 amide bonds. The van der Waals surface area contributed by atoms with E-state index in [4.69, 9.17) is 16.4 Å². The Morgan fingerprint density at radius 1 is 1.14 bits per heavy atom. The summed E-state index contributed by atoms with van der Waals surface area (Å²) in [4.78, 5) is 16.8. The Bertz CT molecular complexity index is 659. The summed E-state index contributed by atoms with van der Waals surface area (Å²) in [7, 11) is 0. The van der Waals surface area contributed by atoms with E-state index in [1.165, 1.54) is 0 Å². The van der Waals surface area contributed by atoms with Gasteiger partial charge >= 0.3 is 0 Å². The Balaban J connectivity index is 1.71. The van der Waals surface area contributed by atoms with Gasteiger partial charge in [0.25, 0.3) is 5.91 Å². The highest BCUT2D eigenvalue weighted by molar-refractivity contribution is 6.30. The number of hydroxylamine groups is 1. The summed E-state index contributed by atoms with van der Waals surface area (Å²) < 4.78 is 0. The number of benzene rings is 2. The fourth-order valence-corrected chi connectivity index (χ4v) is 1.78. The minimum absolute atomic E-state index is 0.325. The lowest BCUT2D eigenvalue weighted by molar-refractivity contribution is 0.0335. The molecule has 0 saturated carbocycles. The van der Waals surface area contributed by atoms with Crippen molar-refractivity contribution in [3.05, 3.63) is 70.7 Å². The number of hydrogen-bond donors (Lipinski definition) is 1. The lowest BCUT2D eigenvalue weighted by Crippen LogP contribution is -2.24. The molecule has 0 aliphatic heterocycles. The summed E-state index contributed by atoms with van der Waals surface area (Å²) in [6.07, 6.45) is 0.532. The van der Waals surface area contributed by atoms with Crippen LogP contribution in [0.15, 0.2) is 54.6 Å². The van der Waals surface area contributed by atoms with Gasteiger partial charge in [0.1, 0.15) is 0 Å². The fraction of sp³-hybridized carbons (Fsp3) is 0.118. The van der Waals surface area contributed by atoms with Gasteiger partial charge in [-0.2, -0.15) is 0 Å². The lowest BCUT2D eigenvalue weighted by atomic mass is 10.2. The van der Waals surface area contributed by atoms with Gasteiger partial charge in [-0.05, 0) is 30.3 Å². The van der Waals surface area contributed by atoms with Crippen LogP contribution in [0.25, 0.3) is 0 Å². The summed E-state index contributed by atoms with van der Waals surface area (Å²) in [5.41, 5.74) is 3.77. The van der Waals surface area contributed by atoms with Crippen molar-refractivity contribution in [2.75, 3.05) is 6.61 Å². The van der Waals surface area contributed by atoms with Crippen molar-refractivity contribution in [1.82, 2.24) is 5.48 Å². The van der Waals surface area contributed by atoms with Gasteiger partial charge < -0.3 is 0 Å². The third-order valence-corrected chi connectivity index (χ3v) is 2.82. The molecule has 0 fully saturated rings. The largest absolute Gasteiger partial charge is 0.274 e. The van der Waals surface area contributed by atoms with Crippen molar-refractivity contribution < 1.29 is 9.63 Å². The maximum Gasteiger partial charge on any atom is 0.274 e. The number of halogens is 1. The molecular weight excluding hydrogens is 286 g/mol. The summed E-state index contributed by atoms with van der Waals surface area (Å²) in [6, 6.07) is 16.4. The molecule has 0 aliphatic rings. The first kappa shape index (κ1) is 15.1. The second-order valence-electron chi connectivity index (χ2n) is 4.21. The van der Waals surface area contributed by atoms with Gasteiger partial charge in [0.05, 0.1) is 6.61 Å². The summed E-state index contributed by atoms with van der Waals surface area (Å²) in [5.74, 6) is 5.66. The van der Waals surface area contributed by atoms with Crippen LogP contribution >= 0.6 is 11.6 Å². The Labute approximate surface area is 128 Å². The second-order valence-corrected chi connectivity index (χ2v) is 4.64. The molecule has 21 heavy (non-hydrogen) atoms. The van der Waals surface area contributed by atoms with Crippen LogP contribution in [0.1, 0.15) is 22.3 Å². The molecule has 0 aliphatic carbocycles. The third kappa shape index (κ3) is 5.31. The van der Waals surface area contributed by atoms with Crippen LogP contribution in [-0.4, -0.2) is 12.5 Å². The highest BCUT2D eigenvalue weighted by atomic mass is 35.5. The normalized spacial score (nSPS) is 9.57. The maximum absolute atomic E-state index is 11.7. The van der Waals surface area contributed by atoms with Crippen LogP contribution < -0.4 is 5.48 Å². The van der Waals surface area contributed by atoms with Gasteiger partial charge in [0.2, 0.25) is 0 Å². The van der Waals surface area contributed by atoms with Gasteiger partial charge in [-0.25, -0.2) is 5.48 Å². The van der Waals surface area contributed by atoms with Gasteiger partial charge in [0, 0.05) is 22.6 Å². The Morgan fingerprint density at radius 3 is 2.71 bits per heavy atom. The molecule has 0 aromatic heterocycles. The summed E-state index contributed by atoms with van der Waals surface area (Å²) >= 11 is 5.81. The van der Waals surface area contributed by atoms with E-state index in [0.29, 0.717) is 23.6 Å². The van der Waals surface area contributed by atoms with Crippen molar-refractivity contribution in [2.45, 2.75) is 6.42 Å². The van der Waals surface area contributed by atoms with Crippen LogP contribution in [0.5, 0.6) is 0 Å². The molecule has 0 spiro atoms. The smallest absolute Gasteiger partial charge is 0.272 e. The Kier molecular flexibility index (Phi) is 5.83. The van der Waals surface area contributed by atoms with Crippen LogP contribution in [0.4, 0.5) is 0 Å². The van der Waals surface area contributed by atoms with Gasteiger partial charge in [-0.15, -0.1) is 0 Å². The van der Waals surface area contributed by atoms with Crippen molar-refractivity contribution in [3.8, 4) is 11.8 Å². The second kappa shape index (κ2) is 8.11. The van der Waals surface area contributed by atoms with Crippen LogP contribution in [0.3, 0.4) is 0 Å². The number of nitrogens with one attached hydrogen (secondary N) is 1. The minimum atomic E-state index is -0.325. The van der Waals surface area contributed by atoms with Crippen LogP contribution in [-0.2, 0) is 4.84 Å². The molecule has 0 saturated heterocycles. The number of amides is 1. The molecule has 3 nitrogen and oxygen atoms in total. The van der Waals surface area contributed by atoms with Gasteiger partial charge in [-0.3, -0.25) is 9.63 Å². The first-order valence-electron chi connectivity index (χ1n) is 6.47. The zero-order valence-electron chi connectivity index (χ0n) is 11.3. The van der Waals surface area contributed by atoms with Gasteiger partial charge in [-0.1, -0.05) is 47.7 Å². The Morgan fingerprint density at radius 2 is 1.95 bits per heavy atom.